The SMILES string of the molecule is CN1c2ccccc2Oc2ccccc21.Cc1ccc(-n2c3ccc(C)cc3c3cc(C)ccc32)cc1.Cc1ccc(-n2c3ccccc3c3ccccc32)cc1.Cc1ccc(N2c3ccc(C)cc3Sc3cc(C)ccc32)cc1.Cc1ccc(N2c3ccccc3Sc3ccccc32)cc1.Cc1ccc2c(c1)Oc1cc(C)ccc1N2C. The van der Waals surface area contributed by atoms with Crippen LogP contribution < -0.4 is 29.1 Å². The molecular weight excluding hydrogens is 1480 g/mol. The number of rotatable bonds is 4. The Morgan fingerprint density at radius 2 is 0.458 bits per heavy atom. The van der Waals surface area contributed by atoms with Crippen molar-refractivity contribution in [2.24, 2.45) is 0 Å². The minimum absolute atomic E-state index is 0.915. The van der Waals surface area contributed by atoms with E-state index >= 15 is 0 Å². The van der Waals surface area contributed by atoms with Gasteiger partial charge in [-0.25, -0.2) is 0 Å². The van der Waals surface area contributed by atoms with Gasteiger partial charge in [0.2, 0.25) is 0 Å². The lowest BCUT2D eigenvalue weighted by molar-refractivity contribution is 0.474. The first-order valence-electron chi connectivity index (χ1n) is 40.3. The van der Waals surface area contributed by atoms with Crippen LogP contribution >= 0.6 is 23.5 Å². The quantitative estimate of drug-likeness (QED) is 0.173. The third kappa shape index (κ3) is 15.8. The first-order valence-corrected chi connectivity index (χ1v) is 41.9. The van der Waals surface area contributed by atoms with Gasteiger partial charge in [-0.2, -0.15) is 0 Å². The monoisotopic (exact) mass is 1570 g/mol. The first-order chi connectivity index (χ1) is 57.4. The molecule has 0 bridgehead atoms. The summed E-state index contributed by atoms with van der Waals surface area (Å²) >= 11 is 3.71. The van der Waals surface area contributed by atoms with E-state index in [1.54, 1.807) is 0 Å². The number of fused-ring (bicyclic) bond motifs is 14. The zero-order valence-corrected chi connectivity index (χ0v) is 70.4. The van der Waals surface area contributed by atoms with E-state index in [0.717, 1.165) is 45.7 Å². The summed E-state index contributed by atoms with van der Waals surface area (Å²) in [6, 6.07) is 125. The van der Waals surface area contributed by atoms with Crippen LogP contribution in [-0.4, -0.2) is 23.2 Å². The predicted octanol–water partition coefficient (Wildman–Crippen LogP) is 31.0. The summed E-state index contributed by atoms with van der Waals surface area (Å²) in [4.78, 5) is 14.3. The maximum absolute atomic E-state index is 5.97. The van der Waals surface area contributed by atoms with E-state index in [1.807, 2.05) is 59.9 Å². The smallest absolute Gasteiger partial charge is 0.151 e. The van der Waals surface area contributed by atoms with Gasteiger partial charge in [-0.3, -0.25) is 0 Å². The first kappa shape index (κ1) is 77.2. The van der Waals surface area contributed by atoms with Crippen molar-refractivity contribution in [1.82, 2.24) is 9.13 Å². The fourth-order valence-corrected chi connectivity index (χ4v) is 18.2. The molecular formula is C108H94N6O2S2. The number of ether oxygens (including phenoxy) is 2. The average molecular weight is 1570 g/mol. The highest BCUT2D eigenvalue weighted by Crippen LogP contribution is 2.54. The molecule has 8 nitrogen and oxygen atoms in total. The fourth-order valence-electron chi connectivity index (χ4n) is 15.9. The molecule has 0 saturated carbocycles. The molecule has 22 rings (SSSR count). The minimum atomic E-state index is 0.915. The summed E-state index contributed by atoms with van der Waals surface area (Å²) in [6.07, 6.45) is 0. The standard InChI is InChI=1S/C21H19NS.C21H19N.C19H15NS.C19H15N.C15H15NO.C13H11NO/c1-14-4-8-17(9-5-14)22-18-10-6-15(2)12-20(18)23-21-13-16(3)7-11-19(21)22;1-14-4-8-17(9-5-14)22-20-10-6-15(2)12-18(20)19-13-16(3)7-11-21(19)22;1-14-10-12-15(13-11-14)20-16-6-2-4-8-18(16)21-19-9-5-3-7-17(19)20;1-14-10-12-15(13-11-14)20-18-8-4-2-6-16(18)17-7-3-5-9-19(17)20;1-10-4-6-12-14(8-10)17-15-9-11(2)5-7-13(15)16(12)3;1-14-10-6-2-4-8-12(10)15-13-9-5-3-7-11(13)14/h4-13H,1-3H3;4-13H,1-3H3;2-13H,1H3;2-13H,1H3;4-9H,1-3H3;2-9H,1H3. The van der Waals surface area contributed by atoms with Crippen molar-refractivity contribution in [3.05, 3.63) is 407 Å². The van der Waals surface area contributed by atoms with Crippen LogP contribution in [0.4, 0.5) is 56.9 Å². The van der Waals surface area contributed by atoms with Crippen molar-refractivity contribution in [1.29, 1.82) is 0 Å². The van der Waals surface area contributed by atoms with Gasteiger partial charge < -0.3 is 38.2 Å². The van der Waals surface area contributed by atoms with E-state index in [1.165, 1.54) is 164 Å². The van der Waals surface area contributed by atoms with Gasteiger partial charge in [-0.05, 0) is 273 Å². The van der Waals surface area contributed by atoms with Gasteiger partial charge in [0.05, 0.1) is 67.6 Å². The summed E-state index contributed by atoms with van der Waals surface area (Å²) in [7, 11) is 4.13. The van der Waals surface area contributed by atoms with Crippen LogP contribution in [0, 0.1) is 69.2 Å². The molecule has 0 spiro atoms. The number of hydrogen-bond acceptors (Lipinski definition) is 8. The van der Waals surface area contributed by atoms with E-state index in [2.05, 4.69) is 428 Å². The second-order valence-corrected chi connectivity index (χ2v) is 33.2. The largest absolute Gasteiger partial charge is 0.453 e. The summed E-state index contributed by atoms with van der Waals surface area (Å²) in [5, 5.41) is 5.28. The Kier molecular flexibility index (Phi) is 21.9. The lowest BCUT2D eigenvalue weighted by Crippen LogP contribution is -2.15. The molecule has 0 aliphatic carbocycles. The Morgan fingerprint density at radius 1 is 0.195 bits per heavy atom. The van der Waals surface area contributed by atoms with Crippen molar-refractivity contribution in [3.63, 3.8) is 0 Å². The molecule has 580 valence electrons. The zero-order valence-electron chi connectivity index (χ0n) is 68.8. The highest BCUT2D eigenvalue weighted by molar-refractivity contribution is 8.00. The molecule has 4 aliphatic heterocycles. The molecule has 0 N–H and O–H groups in total. The molecule has 2 aromatic heterocycles. The molecule has 0 unspecified atom stereocenters. The van der Waals surface area contributed by atoms with E-state index in [9.17, 15) is 0 Å². The predicted molar refractivity (Wildman–Crippen MR) is 501 cm³/mol. The van der Waals surface area contributed by atoms with Crippen molar-refractivity contribution < 1.29 is 9.47 Å². The number of para-hydroxylation sites is 8. The van der Waals surface area contributed by atoms with Crippen molar-refractivity contribution in [2.75, 3.05) is 33.7 Å². The molecule has 0 saturated heterocycles. The zero-order chi connectivity index (χ0) is 81.2. The van der Waals surface area contributed by atoms with Gasteiger partial charge in [0.25, 0.3) is 0 Å². The van der Waals surface area contributed by atoms with Crippen LogP contribution in [0.2, 0.25) is 0 Å². The molecule has 10 heteroatoms. The Morgan fingerprint density at radius 3 is 0.856 bits per heavy atom. The van der Waals surface area contributed by atoms with Crippen LogP contribution in [0.25, 0.3) is 55.0 Å². The third-order valence-electron chi connectivity index (χ3n) is 22.0. The van der Waals surface area contributed by atoms with E-state index in [0.29, 0.717) is 0 Å². The maximum atomic E-state index is 5.97. The van der Waals surface area contributed by atoms with Crippen LogP contribution in [0.3, 0.4) is 0 Å². The second kappa shape index (κ2) is 33.4. The Labute approximate surface area is 702 Å². The number of benzene rings is 16. The van der Waals surface area contributed by atoms with Crippen molar-refractivity contribution >= 4 is 124 Å². The Bertz CT molecular complexity index is 6440. The minimum Gasteiger partial charge on any atom is -0.453 e. The molecule has 0 atom stereocenters. The second-order valence-electron chi connectivity index (χ2n) is 31.0. The van der Waals surface area contributed by atoms with Crippen molar-refractivity contribution in [3.8, 4) is 34.4 Å². The number of anilines is 10. The van der Waals surface area contributed by atoms with Crippen LogP contribution in [0.5, 0.6) is 23.0 Å². The van der Waals surface area contributed by atoms with E-state index in [4.69, 9.17) is 9.47 Å². The van der Waals surface area contributed by atoms with Gasteiger partial charge >= 0.3 is 0 Å². The number of hydrogen-bond donors (Lipinski definition) is 0. The molecule has 18 aromatic rings. The maximum Gasteiger partial charge on any atom is 0.151 e. The number of aromatic nitrogens is 2. The van der Waals surface area contributed by atoms with Gasteiger partial charge in [-0.1, -0.05) is 227 Å². The van der Waals surface area contributed by atoms with Gasteiger partial charge in [0.1, 0.15) is 0 Å². The molecule has 0 radical (unpaired) electrons. The fraction of sp³-hybridized carbons (Fsp3) is 0.111. The van der Waals surface area contributed by atoms with Crippen LogP contribution in [0.1, 0.15) is 55.6 Å². The van der Waals surface area contributed by atoms with Gasteiger partial charge in [0, 0.05) is 78.0 Å². The molecule has 0 amide bonds. The Hall–Kier alpha value is -13.4. The summed E-state index contributed by atoms with van der Waals surface area (Å²) < 4.78 is 16.5. The third-order valence-corrected chi connectivity index (χ3v) is 24.3. The summed E-state index contributed by atoms with van der Waals surface area (Å²) in [5.41, 5.74) is 32.2. The van der Waals surface area contributed by atoms with Gasteiger partial charge in [0.15, 0.2) is 23.0 Å². The highest BCUT2D eigenvalue weighted by Gasteiger charge is 2.28. The number of nitrogens with zero attached hydrogens (tertiary/aromatic N) is 6. The molecule has 0 fully saturated rings. The topological polar surface area (TPSA) is 41.3 Å². The van der Waals surface area contributed by atoms with Crippen molar-refractivity contribution in [2.45, 2.75) is 88.8 Å². The summed E-state index contributed by atoms with van der Waals surface area (Å²) in [6.45, 7) is 21.3. The van der Waals surface area contributed by atoms with Crippen LogP contribution in [-0.2, 0) is 0 Å². The van der Waals surface area contributed by atoms with Crippen LogP contribution in [0.15, 0.2) is 371 Å². The lowest BCUT2D eigenvalue weighted by Gasteiger charge is -2.33. The molecule has 118 heavy (non-hydrogen) atoms. The van der Waals surface area contributed by atoms with Gasteiger partial charge in [-0.15, -0.1) is 0 Å². The average Bonchev–Trinajstić information content (AvgIpc) is 1.17. The Balaban J connectivity index is 0.000000102. The molecule has 4 aliphatic rings. The number of aryl methyl sites for hydroxylation is 10. The normalized spacial score (nSPS) is 12.2. The van der Waals surface area contributed by atoms with E-state index in [-0.39, 0.29) is 0 Å². The lowest BCUT2D eigenvalue weighted by atomic mass is 10.1. The highest BCUT2D eigenvalue weighted by atomic mass is 32.2. The van der Waals surface area contributed by atoms with E-state index < -0.39 is 0 Å². The molecule has 16 aromatic carbocycles. The summed E-state index contributed by atoms with van der Waals surface area (Å²) in [5.74, 6) is 3.70. The molecule has 6 heterocycles.